The predicted molar refractivity (Wildman–Crippen MR) is 64.5 cm³/mol. The standard InChI is InChI=1S/C12H14N2O4/c15-7-9(11(16)17)13-12(18)14-6-5-8-3-1-2-4-10(8)14/h1-4,9,15H,5-7H2,(H,13,18)(H,16,17)/t9-/m1/s1. The van der Waals surface area contributed by atoms with Crippen LogP contribution >= 0.6 is 0 Å². The summed E-state index contributed by atoms with van der Waals surface area (Å²) in [5.41, 5.74) is 1.85. The van der Waals surface area contributed by atoms with E-state index in [1.54, 1.807) is 0 Å². The van der Waals surface area contributed by atoms with E-state index < -0.39 is 24.6 Å². The number of aliphatic hydroxyl groups excluding tert-OH is 1. The minimum Gasteiger partial charge on any atom is -0.480 e. The van der Waals surface area contributed by atoms with Gasteiger partial charge in [0.2, 0.25) is 0 Å². The Labute approximate surface area is 104 Å². The molecule has 1 heterocycles. The molecule has 0 saturated carbocycles. The number of carbonyl (C=O) groups is 2. The number of rotatable bonds is 3. The van der Waals surface area contributed by atoms with Gasteiger partial charge in [0.15, 0.2) is 6.04 Å². The van der Waals surface area contributed by atoms with Gasteiger partial charge in [0.05, 0.1) is 6.61 Å². The molecule has 1 aliphatic rings. The monoisotopic (exact) mass is 250 g/mol. The number of benzene rings is 1. The summed E-state index contributed by atoms with van der Waals surface area (Å²) in [5.74, 6) is -1.25. The zero-order valence-electron chi connectivity index (χ0n) is 9.67. The van der Waals surface area contributed by atoms with Gasteiger partial charge in [-0.1, -0.05) is 18.2 Å². The lowest BCUT2D eigenvalue weighted by Crippen LogP contribution is -2.49. The fourth-order valence-corrected chi connectivity index (χ4v) is 1.96. The first-order valence-electron chi connectivity index (χ1n) is 5.63. The average molecular weight is 250 g/mol. The molecule has 2 amide bonds. The second-order valence-electron chi connectivity index (χ2n) is 4.05. The molecule has 3 N–H and O–H groups in total. The van der Waals surface area contributed by atoms with Gasteiger partial charge in [-0.05, 0) is 18.1 Å². The molecule has 18 heavy (non-hydrogen) atoms. The Morgan fingerprint density at radius 1 is 1.39 bits per heavy atom. The molecule has 1 aromatic carbocycles. The number of carbonyl (C=O) groups excluding carboxylic acids is 1. The highest BCUT2D eigenvalue weighted by atomic mass is 16.4. The Morgan fingerprint density at radius 3 is 2.78 bits per heavy atom. The third kappa shape index (κ3) is 2.28. The minimum atomic E-state index is -1.27. The van der Waals surface area contributed by atoms with Crippen molar-refractivity contribution in [3.63, 3.8) is 0 Å². The van der Waals surface area contributed by atoms with Crippen molar-refractivity contribution >= 4 is 17.7 Å². The SMILES string of the molecule is O=C(O)[C@@H](CO)NC(=O)N1CCc2ccccc21. The average Bonchev–Trinajstić information content (AvgIpc) is 2.79. The maximum Gasteiger partial charge on any atom is 0.328 e. The molecule has 0 bridgehead atoms. The normalized spacial score (nSPS) is 15.1. The number of fused-ring (bicyclic) bond motifs is 1. The highest BCUT2D eigenvalue weighted by Crippen LogP contribution is 2.27. The molecule has 0 fully saturated rings. The first-order valence-corrected chi connectivity index (χ1v) is 5.63. The van der Waals surface area contributed by atoms with Gasteiger partial charge in [-0.15, -0.1) is 0 Å². The number of anilines is 1. The van der Waals surface area contributed by atoms with Crippen molar-refractivity contribution < 1.29 is 19.8 Å². The topological polar surface area (TPSA) is 89.9 Å². The Hall–Kier alpha value is -2.08. The predicted octanol–water partition coefficient (Wildman–Crippen LogP) is 0.204. The molecule has 2 rings (SSSR count). The second-order valence-corrected chi connectivity index (χ2v) is 4.05. The van der Waals surface area contributed by atoms with E-state index >= 15 is 0 Å². The van der Waals surface area contributed by atoms with Gasteiger partial charge in [0.25, 0.3) is 0 Å². The van der Waals surface area contributed by atoms with E-state index in [1.165, 1.54) is 4.90 Å². The number of para-hydroxylation sites is 1. The molecule has 1 aliphatic heterocycles. The van der Waals surface area contributed by atoms with Crippen molar-refractivity contribution in [1.29, 1.82) is 0 Å². The molecule has 0 unspecified atom stereocenters. The fourth-order valence-electron chi connectivity index (χ4n) is 1.96. The van der Waals surface area contributed by atoms with Crippen LogP contribution in [0.4, 0.5) is 10.5 Å². The molecule has 96 valence electrons. The van der Waals surface area contributed by atoms with E-state index in [1.807, 2.05) is 24.3 Å². The Kier molecular flexibility index (Phi) is 3.47. The molecule has 0 spiro atoms. The zero-order valence-corrected chi connectivity index (χ0v) is 9.67. The van der Waals surface area contributed by atoms with E-state index in [9.17, 15) is 9.59 Å². The Bertz CT molecular complexity index is 475. The first-order chi connectivity index (χ1) is 8.63. The largest absolute Gasteiger partial charge is 0.480 e. The third-order valence-electron chi connectivity index (χ3n) is 2.91. The molecule has 6 heteroatoms. The van der Waals surface area contributed by atoms with Gasteiger partial charge in [-0.2, -0.15) is 0 Å². The summed E-state index contributed by atoms with van der Waals surface area (Å²) in [4.78, 5) is 24.1. The lowest BCUT2D eigenvalue weighted by Gasteiger charge is -2.20. The summed E-state index contributed by atoms with van der Waals surface area (Å²) in [6, 6.07) is 5.70. The molecule has 1 atom stereocenters. The van der Waals surface area contributed by atoms with Crippen LogP contribution in [0.15, 0.2) is 24.3 Å². The van der Waals surface area contributed by atoms with Crippen LogP contribution in [0.5, 0.6) is 0 Å². The van der Waals surface area contributed by atoms with Gasteiger partial charge >= 0.3 is 12.0 Å². The molecular formula is C12H14N2O4. The highest BCUT2D eigenvalue weighted by molar-refractivity contribution is 5.96. The first kappa shape index (κ1) is 12.4. The quantitative estimate of drug-likeness (QED) is 0.715. The third-order valence-corrected chi connectivity index (χ3v) is 2.91. The van der Waals surface area contributed by atoms with Crippen LogP contribution in [0, 0.1) is 0 Å². The van der Waals surface area contributed by atoms with E-state index in [-0.39, 0.29) is 0 Å². The molecule has 0 aromatic heterocycles. The van der Waals surface area contributed by atoms with Gasteiger partial charge < -0.3 is 15.5 Å². The van der Waals surface area contributed by atoms with Crippen molar-refractivity contribution in [2.75, 3.05) is 18.1 Å². The van der Waals surface area contributed by atoms with E-state index in [0.29, 0.717) is 6.54 Å². The fraction of sp³-hybridized carbons (Fsp3) is 0.333. The smallest absolute Gasteiger partial charge is 0.328 e. The number of urea groups is 1. The summed E-state index contributed by atoms with van der Waals surface area (Å²) >= 11 is 0. The van der Waals surface area contributed by atoms with Crippen molar-refractivity contribution in [1.82, 2.24) is 5.32 Å². The van der Waals surface area contributed by atoms with Crippen LogP contribution in [-0.4, -0.2) is 41.4 Å². The van der Waals surface area contributed by atoms with E-state index in [4.69, 9.17) is 10.2 Å². The number of nitrogens with one attached hydrogen (secondary N) is 1. The van der Waals surface area contributed by atoms with Crippen LogP contribution in [0.1, 0.15) is 5.56 Å². The second kappa shape index (κ2) is 5.05. The number of aliphatic carboxylic acids is 1. The number of hydrogen-bond donors (Lipinski definition) is 3. The minimum absolute atomic E-state index is 0.499. The zero-order chi connectivity index (χ0) is 13.1. The van der Waals surface area contributed by atoms with E-state index in [0.717, 1.165) is 17.7 Å². The summed E-state index contributed by atoms with van der Waals surface area (Å²) in [6.07, 6.45) is 0.750. The molecule has 0 saturated heterocycles. The summed E-state index contributed by atoms with van der Waals surface area (Å²) in [5, 5.41) is 19.9. The van der Waals surface area contributed by atoms with Crippen LogP contribution in [0.3, 0.4) is 0 Å². The lowest BCUT2D eigenvalue weighted by atomic mass is 10.2. The molecule has 6 nitrogen and oxygen atoms in total. The van der Waals surface area contributed by atoms with Crippen LogP contribution in [0.25, 0.3) is 0 Å². The molecule has 0 aliphatic carbocycles. The molecule has 1 aromatic rings. The molecular weight excluding hydrogens is 236 g/mol. The summed E-state index contributed by atoms with van der Waals surface area (Å²) in [7, 11) is 0. The van der Waals surface area contributed by atoms with Gasteiger partial charge in [0.1, 0.15) is 0 Å². The van der Waals surface area contributed by atoms with Gasteiger partial charge in [0, 0.05) is 12.2 Å². The van der Waals surface area contributed by atoms with Crippen molar-refractivity contribution in [2.45, 2.75) is 12.5 Å². The number of aliphatic hydroxyl groups is 1. The van der Waals surface area contributed by atoms with Crippen LogP contribution in [0.2, 0.25) is 0 Å². The maximum atomic E-state index is 11.9. The highest BCUT2D eigenvalue weighted by Gasteiger charge is 2.27. The van der Waals surface area contributed by atoms with Crippen LogP contribution < -0.4 is 10.2 Å². The Balaban J connectivity index is 2.10. The molecule has 0 radical (unpaired) electrons. The van der Waals surface area contributed by atoms with Crippen molar-refractivity contribution in [2.24, 2.45) is 0 Å². The van der Waals surface area contributed by atoms with Crippen LogP contribution in [-0.2, 0) is 11.2 Å². The Morgan fingerprint density at radius 2 is 2.11 bits per heavy atom. The number of amides is 2. The summed E-state index contributed by atoms with van der Waals surface area (Å²) in [6.45, 7) is -0.112. The number of nitrogens with zero attached hydrogens (tertiary/aromatic N) is 1. The summed E-state index contributed by atoms with van der Waals surface area (Å²) < 4.78 is 0. The van der Waals surface area contributed by atoms with Gasteiger partial charge in [-0.25, -0.2) is 9.59 Å². The lowest BCUT2D eigenvalue weighted by molar-refractivity contribution is -0.140. The number of carboxylic acid groups (broad SMARTS) is 1. The van der Waals surface area contributed by atoms with Crippen molar-refractivity contribution in [3.05, 3.63) is 29.8 Å². The van der Waals surface area contributed by atoms with E-state index in [2.05, 4.69) is 5.32 Å². The maximum absolute atomic E-state index is 11.9. The van der Waals surface area contributed by atoms with Crippen molar-refractivity contribution in [3.8, 4) is 0 Å². The number of carboxylic acids is 1. The number of hydrogen-bond acceptors (Lipinski definition) is 3. The van der Waals surface area contributed by atoms with Gasteiger partial charge in [-0.3, -0.25) is 4.90 Å².